The van der Waals surface area contributed by atoms with Crippen molar-refractivity contribution in [3.05, 3.63) is 24.0 Å². The monoisotopic (exact) mass is 250 g/mol. The molecule has 98 valence electrons. The van der Waals surface area contributed by atoms with E-state index in [0.717, 1.165) is 19.3 Å². The Labute approximate surface area is 107 Å². The molecule has 0 aromatic rings. The molecule has 4 nitrogen and oxygen atoms in total. The van der Waals surface area contributed by atoms with E-state index in [1.807, 2.05) is 0 Å². The number of hydrogen-bond donors (Lipinski definition) is 0. The minimum absolute atomic E-state index is 0.0969. The summed E-state index contributed by atoms with van der Waals surface area (Å²) in [5.74, 6) is -0.0236. The summed E-state index contributed by atoms with van der Waals surface area (Å²) in [6.07, 6.45) is 4.50. The Morgan fingerprint density at radius 2 is 2.39 bits per heavy atom. The molecule has 4 heteroatoms. The van der Waals surface area contributed by atoms with Gasteiger partial charge in [0.15, 0.2) is 5.78 Å². The van der Waals surface area contributed by atoms with E-state index in [9.17, 15) is 9.59 Å². The number of carbonyl (C=O) groups is 2. The van der Waals surface area contributed by atoms with Crippen LogP contribution in [-0.4, -0.2) is 24.5 Å². The standard InChI is InChI=1S/C14H18O4/c1-3-10-8-9-6-5-7-11(15)12(13(9)18-10)14(16)17-4-2/h3,9-10H,1,4-8H2,2H3/t9-,10-/m0/s1. The zero-order chi connectivity index (χ0) is 13.1. The molecule has 1 aliphatic carbocycles. The van der Waals surface area contributed by atoms with E-state index in [1.54, 1.807) is 13.0 Å². The van der Waals surface area contributed by atoms with E-state index >= 15 is 0 Å². The fraction of sp³-hybridized carbons (Fsp3) is 0.571. The minimum Gasteiger partial charge on any atom is -0.489 e. The maximum atomic E-state index is 12.0. The Bertz CT molecular complexity index is 408. The van der Waals surface area contributed by atoms with Gasteiger partial charge in [-0.15, -0.1) is 0 Å². The maximum absolute atomic E-state index is 12.0. The highest BCUT2D eigenvalue weighted by molar-refractivity contribution is 6.17. The summed E-state index contributed by atoms with van der Waals surface area (Å²) < 4.78 is 10.6. The average Bonchev–Trinajstić information content (AvgIpc) is 2.67. The molecule has 0 aromatic carbocycles. The fourth-order valence-corrected chi connectivity index (χ4v) is 2.54. The molecule has 2 rings (SSSR count). The summed E-state index contributed by atoms with van der Waals surface area (Å²) in [6, 6.07) is 0. The van der Waals surface area contributed by atoms with Crippen molar-refractivity contribution in [2.45, 2.75) is 38.7 Å². The van der Waals surface area contributed by atoms with Crippen molar-refractivity contribution in [2.75, 3.05) is 6.61 Å². The first kappa shape index (κ1) is 12.9. The molecule has 2 atom stereocenters. The highest BCUT2D eigenvalue weighted by Crippen LogP contribution is 2.39. The molecule has 1 heterocycles. The number of allylic oxidation sites excluding steroid dienone is 1. The second kappa shape index (κ2) is 5.38. The van der Waals surface area contributed by atoms with Crippen LogP contribution in [0.3, 0.4) is 0 Å². The number of esters is 1. The van der Waals surface area contributed by atoms with E-state index in [0.29, 0.717) is 12.2 Å². The third-order valence-electron chi connectivity index (χ3n) is 3.39. The zero-order valence-corrected chi connectivity index (χ0v) is 10.6. The van der Waals surface area contributed by atoms with Gasteiger partial charge in [-0.1, -0.05) is 12.7 Å². The Morgan fingerprint density at radius 3 is 3.06 bits per heavy atom. The Hall–Kier alpha value is -1.58. The van der Waals surface area contributed by atoms with Crippen molar-refractivity contribution >= 4 is 11.8 Å². The molecule has 1 aliphatic heterocycles. The van der Waals surface area contributed by atoms with Crippen LogP contribution in [0.5, 0.6) is 0 Å². The molecule has 0 amide bonds. The van der Waals surface area contributed by atoms with Gasteiger partial charge in [0.1, 0.15) is 17.4 Å². The van der Waals surface area contributed by atoms with Crippen LogP contribution in [0.4, 0.5) is 0 Å². The van der Waals surface area contributed by atoms with Crippen LogP contribution < -0.4 is 0 Å². The summed E-state index contributed by atoms with van der Waals surface area (Å²) in [6.45, 7) is 5.69. The zero-order valence-electron chi connectivity index (χ0n) is 10.6. The lowest BCUT2D eigenvalue weighted by molar-refractivity contribution is -0.140. The lowest BCUT2D eigenvalue weighted by Gasteiger charge is -2.11. The summed E-state index contributed by atoms with van der Waals surface area (Å²) >= 11 is 0. The van der Waals surface area contributed by atoms with Crippen LogP contribution in [0.1, 0.15) is 32.6 Å². The van der Waals surface area contributed by atoms with Gasteiger partial charge in [0.2, 0.25) is 0 Å². The first-order valence-electron chi connectivity index (χ1n) is 6.41. The summed E-state index contributed by atoms with van der Waals surface area (Å²) in [4.78, 5) is 23.9. The smallest absolute Gasteiger partial charge is 0.345 e. The van der Waals surface area contributed by atoms with Crippen molar-refractivity contribution in [1.82, 2.24) is 0 Å². The predicted octanol–water partition coefficient (Wildman–Crippen LogP) is 2.15. The number of ketones is 1. The molecule has 0 N–H and O–H groups in total. The number of rotatable bonds is 3. The quantitative estimate of drug-likeness (QED) is 0.437. The second-order valence-electron chi connectivity index (χ2n) is 4.60. The Balaban J connectivity index is 2.36. The molecule has 0 spiro atoms. The third kappa shape index (κ3) is 2.33. The van der Waals surface area contributed by atoms with Gasteiger partial charge in [0.05, 0.1) is 6.61 Å². The molecule has 0 unspecified atom stereocenters. The molecule has 0 radical (unpaired) electrons. The number of hydrogen-bond acceptors (Lipinski definition) is 4. The maximum Gasteiger partial charge on any atom is 0.345 e. The summed E-state index contributed by atoms with van der Waals surface area (Å²) in [5, 5.41) is 0. The van der Waals surface area contributed by atoms with Gasteiger partial charge in [0, 0.05) is 12.3 Å². The molecule has 0 saturated carbocycles. The lowest BCUT2D eigenvalue weighted by Crippen LogP contribution is -2.18. The molecule has 2 aliphatic rings. The van der Waals surface area contributed by atoms with Gasteiger partial charge in [-0.3, -0.25) is 4.79 Å². The van der Waals surface area contributed by atoms with E-state index in [4.69, 9.17) is 9.47 Å². The summed E-state index contributed by atoms with van der Waals surface area (Å²) in [5.41, 5.74) is 0.128. The normalized spacial score (nSPS) is 27.3. The third-order valence-corrected chi connectivity index (χ3v) is 3.39. The van der Waals surface area contributed by atoms with Crippen molar-refractivity contribution in [2.24, 2.45) is 5.92 Å². The van der Waals surface area contributed by atoms with Crippen molar-refractivity contribution < 1.29 is 19.1 Å². The number of fused-ring (bicyclic) bond motifs is 1. The highest BCUT2D eigenvalue weighted by Gasteiger charge is 2.38. The van der Waals surface area contributed by atoms with Crippen LogP contribution in [0.2, 0.25) is 0 Å². The minimum atomic E-state index is -0.547. The Morgan fingerprint density at radius 1 is 1.61 bits per heavy atom. The molecule has 1 saturated heterocycles. The van der Waals surface area contributed by atoms with E-state index in [-0.39, 0.29) is 30.0 Å². The first-order chi connectivity index (χ1) is 8.67. The van der Waals surface area contributed by atoms with Crippen LogP contribution in [0.15, 0.2) is 24.0 Å². The van der Waals surface area contributed by atoms with Crippen molar-refractivity contribution in [3.63, 3.8) is 0 Å². The van der Waals surface area contributed by atoms with Crippen LogP contribution >= 0.6 is 0 Å². The largest absolute Gasteiger partial charge is 0.489 e. The van der Waals surface area contributed by atoms with Crippen LogP contribution in [-0.2, 0) is 19.1 Å². The predicted molar refractivity (Wildman–Crippen MR) is 65.7 cm³/mol. The van der Waals surface area contributed by atoms with Crippen LogP contribution in [0.25, 0.3) is 0 Å². The topological polar surface area (TPSA) is 52.6 Å². The highest BCUT2D eigenvalue weighted by atomic mass is 16.5. The molecule has 1 fully saturated rings. The molecular formula is C14H18O4. The fourth-order valence-electron chi connectivity index (χ4n) is 2.54. The summed E-state index contributed by atoms with van der Waals surface area (Å²) in [7, 11) is 0. The molecule has 18 heavy (non-hydrogen) atoms. The number of ether oxygens (including phenoxy) is 2. The number of Topliss-reactive ketones (excluding diaryl/α,β-unsaturated/α-hetero) is 1. The van der Waals surface area contributed by atoms with Crippen LogP contribution in [0, 0.1) is 5.92 Å². The van der Waals surface area contributed by atoms with Gasteiger partial charge in [0.25, 0.3) is 0 Å². The van der Waals surface area contributed by atoms with Gasteiger partial charge < -0.3 is 9.47 Å². The van der Waals surface area contributed by atoms with Gasteiger partial charge in [-0.05, 0) is 26.2 Å². The average molecular weight is 250 g/mol. The van der Waals surface area contributed by atoms with Crippen molar-refractivity contribution in [1.29, 1.82) is 0 Å². The van der Waals surface area contributed by atoms with Gasteiger partial charge in [-0.25, -0.2) is 4.79 Å². The molecule has 0 bridgehead atoms. The SMILES string of the molecule is C=C[C@H]1C[C@@H]2CCCC(=O)C(C(=O)OCC)=C2O1. The van der Waals surface area contributed by atoms with E-state index in [2.05, 4.69) is 6.58 Å². The van der Waals surface area contributed by atoms with E-state index < -0.39 is 5.97 Å². The van der Waals surface area contributed by atoms with E-state index in [1.165, 1.54) is 0 Å². The number of carbonyl (C=O) groups excluding carboxylic acids is 2. The first-order valence-corrected chi connectivity index (χ1v) is 6.41. The lowest BCUT2D eigenvalue weighted by atomic mass is 9.97. The molecular weight excluding hydrogens is 232 g/mol. The Kier molecular flexibility index (Phi) is 3.84. The van der Waals surface area contributed by atoms with Crippen molar-refractivity contribution in [3.8, 4) is 0 Å². The molecule has 0 aromatic heterocycles. The van der Waals surface area contributed by atoms with Gasteiger partial charge in [-0.2, -0.15) is 0 Å². The van der Waals surface area contributed by atoms with Gasteiger partial charge >= 0.3 is 5.97 Å². The second-order valence-corrected chi connectivity index (χ2v) is 4.60.